The van der Waals surface area contributed by atoms with Crippen molar-refractivity contribution in [3.63, 3.8) is 0 Å². The Balaban J connectivity index is 4.93. The number of rotatable bonds is 4. The number of hydrogen-bond acceptors (Lipinski definition) is 1. The van der Waals surface area contributed by atoms with Crippen molar-refractivity contribution in [2.24, 2.45) is 0 Å². The Kier molecular flexibility index (Phi) is 6.06. The van der Waals surface area contributed by atoms with Crippen LogP contribution < -0.4 is 0 Å². The van der Waals surface area contributed by atoms with E-state index in [4.69, 9.17) is 0 Å². The van der Waals surface area contributed by atoms with Gasteiger partial charge in [0.05, 0.1) is 5.57 Å². The zero-order valence-electron chi connectivity index (χ0n) is 7.26. The highest BCUT2D eigenvalue weighted by molar-refractivity contribution is 9.11. The van der Waals surface area contributed by atoms with E-state index in [9.17, 15) is 9.18 Å². The maximum atomic E-state index is 12.8. The van der Waals surface area contributed by atoms with Gasteiger partial charge in [0.2, 0.25) is 0 Å². The van der Waals surface area contributed by atoms with Crippen molar-refractivity contribution in [3.05, 3.63) is 46.8 Å². The van der Waals surface area contributed by atoms with Gasteiger partial charge in [-0.3, -0.25) is 4.79 Å². The van der Waals surface area contributed by atoms with Crippen molar-refractivity contribution < 1.29 is 9.18 Å². The summed E-state index contributed by atoms with van der Waals surface area (Å²) in [6.07, 6.45) is 6.32. The van der Waals surface area contributed by atoms with Crippen molar-refractivity contribution in [1.29, 1.82) is 0 Å². The summed E-state index contributed by atoms with van der Waals surface area (Å²) in [5.74, 6) is -0.628. The lowest BCUT2D eigenvalue weighted by Crippen LogP contribution is -1.83. The highest BCUT2D eigenvalue weighted by Crippen LogP contribution is 2.14. The minimum absolute atomic E-state index is 0.0278. The van der Waals surface area contributed by atoms with Crippen LogP contribution in [0, 0.1) is 0 Å². The number of aldehydes is 1. The molecule has 1 nitrogen and oxygen atoms in total. The maximum absolute atomic E-state index is 12.8. The van der Waals surface area contributed by atoms with Gasteiger partial charge in [-0.25, -0.2) is 4.39 Å². The van der Waals surface area contributed by atoms with Crippen LogP contribution in [0.15, 0.2) is 46.8 Å². The molecule has 0 atom stereocenters. The Morgan fingerprint density at radius 3 is 2.54 bits per heavy atom. The van der Waals surface area contributed by atoms with Gasteiger partial charge in [0.15, 0.2) is 6.29 Å². The van der Waals surface area contributed by atoms with Crippen LogP contribution in [0.1, 0.15) is 6.92 Å². The van der Waals surface area contributed by atoms with Crippen LogP contribution in [0.4, 0.5) is 4.39 Å². The third kappa shape index (κ3) is 4.58. The molecule has 0 aliphatic heterocycles. The van der Waals surface area contributed by atoms with Gasteiger partial charge in [0.25, 0.3) is 0 Å². The molecule has 0 amide bonds. The lowest BCUT2D eigenvalue weighted by atomic mass is 10.2. The molecule has 13 heavy (non-hydrogen) atoms. The Morgan fingerprint density at radius 1 is 1.54 bits per heavy atom. The van der Waals surface area contributed by atoms with Crippen molar-refractivity contribution in [1.82, 2.24) is 0 Å². The van der Waals surface area contributed by atoms with E-state index >= 15 is 0 Å². The van der Waals surface area contributed by atoms with E-state index in [2.05, 4.69) is 22.5 Å². The molecule has 0 saturated heterocycles. The first kappa shape index (κ1) is 12.0. The van der Waals surface area contributed by atoms with E-state index in [0.717, 1.165) is 6.08 Å². The summed E-state index contributed by atoms with van der Waals surface area (Å²) in [7, 11) is 0. The maximum Gasteiger partial charge on any atom is 0.153 e. The van der Waals surface area contributed by atoms with Gasteiger partial charge < -0.3 is 0 Å². The summed E-state index contributed by atoms with van der Waals surface area (Å²) in [5, 5.41) is 0. The lowest BCUT2D eigenvalue weighted by molar-refractivity contribution is -0.104. The fraction of sp³-hybridized carbons (Fsp3) is 0.100. The second kappa shape index (κ2) is 6.54. The smallest absolute Gasteiger partial charge is 0.153 e. The largest absolute Gasteiger partial charge is 0.298 e. The first-order valence-corrected chi connectivity index (χ1v) is 4.42. The third-order valence-electron chi connectivity index (χ3n) is 1.20. The summed E-state index contributed by atoms with van der Waals surface area (Å²) in [4.78, 5) is 10.4. The van der Waals surface area contributed by atoms with Gasteiger partial charge in [-0.1, -0.05) is 34.7 Å². The second-order valence-corrected chi connectivity index (χ2v) is 3.07. The van der Waals surface area contributed by atoms with Gasteiger partial charge in [0.1, 0.15) is 5.83 Å². The molecule has 0 heterocycles. The van der Waals surface area contributed by atoms with Gasteiger partial charge in [0, 0.05) is 4.48 Å². The number of allylic oxidation sites excluding steroid dienone is 7. The van der Waals surface area contributed by atoms with E-state index in [-0.39, 0.29) is 5.57 Å². The van der Waals surface area contributed by atoms with E-state index in [1.807, 2.05) is 6.92 Å². The molecule has 0 aliphatic rings. The molecule has 0 aromatic rings. The molecule has 0 spiro atoms. The summed E-state index contributed by atoms with van der Waals surface area (Å²) in [5.41, 5.74) is -0.0278. The standard InChI is InChI=1S/C10H10BrFO/c1-3-5-9(11)6-8(7-13)10(12)4-2/h3-7H,2H2,1H3/b5-3+,9-6+,10-8-. The van der Waals surface area contributed by atoms with Crippen LogP contribution in [0.5, 0.6) is 0 Å². The van der Waals surface area contributed by atoms with Crippen molar-refractivity contribution >= 4 is 22.2 Å². The van der Waals surface area contributed by atoms with Crippen LogP contribution in [0.2, 0.25) is 0 Å². The molecular formula is C10H10BrFO. The van der Waals surface area contributed by atoms with Crippen LogP contribution in [-0.4, -0.2) is 6.29 Å². The summed E-state index contributed by atoms with van der Waals surface area (Å²) < 4.78 is 13.5. The fourth-order valence-electron chi connectivity index (χ4n) is 0.633. The zero-order chi connectivity index (χ0) is 10.3. The van der Waals surface area contributed by atoms with Gasteiger partial charge in [-0.05, 0) is 19.1 Å². The van der Waals surface area contributed by atoms with Crippen LogP contribution in [0.25, 0.3) is 0 Å². The molecule has 0 bridgehead atoms. The highest BCUT2D eigenvalue weighted by atomic mass is 79.9. The van der Waals surface area contributed by atoms with Crippen LogP contribution in [-0.2, 0) is 4.79 Å². The molecule has 0 fully saturated rings. The Hall–Kier alpha value is -0.960. The number of carbonyl (C=O) groups is 1. The van der Waals surface area contributed by atoms with E-state index in [1.54, 1.807) is 12.2 Å². The molecule has 0 rings (SSSR count). The van der Waals surface area contributed by atoms with Crippen molar-refractivity contribution in [3.8, 4) is 0 Å². The van der Waals surface area contributed by atoms with Gasteiger partial charge in [-0.15, -0.1) is 0 Å². The minimum Gasteiger partial charge on any atom is -0.298 e. The first-order chi connectivity index (χ1) is 6.15. The molecule has 0 saturated carbocycles. The summed E-state index contributed by atoms with van der Waals surface area (Å²) in [6.45, 7) is 5.05. The van der Waals surface area contributed by atoms with E-state index < -0.39 is 5.83 Å². The third-order valence-corrected chi connectivity index (χ3v) is 1.69. The predicted octanol–water partition coefficient (Wildman–Crippen LogP) is 3.45. The van der Waals surface area contributed by atoms with E-state index in [0.29, 0.717) is 10.8 Å². The highest BCUT2D eigenvalue weighted by Gasteiger charge is 1.98. The predicted molar refractivity (Wildman–Crippen MR) is 56.2 cm³/mol. The average Bonchev–Trinajstić information content (AvgIpc) is 2.13. The molecule has 3 heteroatoms. The van der Waals surface area contributed by atoms with Crippen LogP contribution in [0.3, 0.4) is 0 Å². The molecule has 0 N–H and O–H groups in total. The molecule has 0 aromatic carbocycles. The first-order valence-electron chi connectivity index (χ1n) is 3.63. The molecular weight excluding hydrogens is 235 g/mol. The van der Waals surface area contributed by atoms with Crippen molar-refractivity contribution in [2.75, 3.05) is 0 Å². The molecule has 0 unspecified atom stereocenters. The van der Waals surface area contributed by atoms with Crippen molar-refractivity contribution in [2.45, 2.75) is 6.92 Å². The summed E-state index contributed by atoms with van der Waals surface area (Å²) >= 11 is 3.16. The normalized spacial score (nSPS) is 14.2. The number of hydrogen-bond donors (Lipinski definition) is 0. The second-order valence-electron chi connectivity index (χ2n) is 2.15. The Bertz CT molecular complexity index is 287. The Morgan fingerprint density at radius 2 is 2.15 bits per heavy atom. The van der Waals surface area contributed by atoms with Gasteiger partial charge >= 0.3 is 0 Å². The molecule has 0 aromatic heterocycles. The van der Waals surface area contributed by atoms with E-state index in [1.165, 1.54) is 6.08 Å². The Labute approximate surface area is 85.5 Å². The SMILES string of the molecule is C=C\C(F)=C(C=O)/C=C(Br)\C=C\C. The fourth-order valence-corrected chi connectivity index (χ4v) is 1.14. The monoisotopic (exact) mass is 244 g/mol. The zero-order valence-corrected chi connectivity index (χ0v) is 8.84. The molecule has 0 aliphatic carbocycles. The lowest BCUT2D eigenvalue weighted by Gasteiger charge is -1.92. The molecule has 70 valence electrons. The average molecular weight is 245 g/mol. The van der Waals surface area contributed by atoms with Crippen LogP contribution >= 0.6 is 15.9 Å². The topological polar surface area (TPSA) is 17.1 Å². The summed E-state index contributed by atoms with van der Waals surface area (Å²) in [6, 6.07) is 0. The molecule has 0 radical (unpaired) electrons. The minimum atomic E-state index is -0.628. The number of carbonyl (C=O) groups excluding carboxylic acids is 1. The quantitative estimate of drug-likeness (QED) is 0.421. The number of halogens is 2. The van der Waals surface area contributed by atoms with Gasteiger partial charge in [-0.2, -0.15) is 0 Å².